The van der Waals surface area contributed by atoms with E-state index in [1.54, 1.807) is 6.92 Å². The highest BCUT2D eigenvalue weighted by Crippen LogP contribution is 2.04. The van der Waals surface area contributed by atoms with E-state index in [9.17, 15) is 9.59 Å². The predicted molar refractivity (Wildman–Crippen MR) is 74.7 cm³/mol. The van der Waals surface area contributed by atoms with E-state index in [1.807, 2.05) is 0 Å². The normalized spacial score (nSPS) is 10.3. The van der Waals surface area contributed by atoms with Gasteiger partial charge in [0, 0.05) is 12.0 Å². The van der Waals surface area contributed by atoms with E-state index in [1.165, 1.54) is 0 Å². The number of carbonyl (C=O) groups excluding carboxylic acids is 2. The molecule has 0 aliphatic heterocycles. The Bertz CT molecular complexity index is 295. The van der Waals surface area contributed by atoms with Crippen LogP contribution in [0.25, 0.3) is 0 Å². The van der Waals surface area contributed by atoms with Crippen LogP contribution in [-0.4, -0.2) is 25.2 Å². The molecule has 4 heteroatoms. The third kappa shape index (κ3) is 11.5. The Morgan fingerprint density at radius 2 is 1.74 bits per heavy atom. The highest BCUT2D eigenvalue weighted by Gasteiger charge is 2.05. The highest BCUT2D eigenvalue weighted by atomic mass is 16.5. The van der Waals surface area contributed by atoms with Crippen molar-refractivity contribution in [2.75, 3.05) is 13.2 Å². The van der Waals surface area contributed by atoms with Gasteiger partial charge in [-0.25, -0.2) is 4.79 Å². The first-order chi connectivity index (χ1) is 8.93. The Balaban J connectivity index is 3.37. The Kier molecular flexibility index (Phi) is 9.85. The molecule has 0 atom stereocenters. The minimum Gasteiger partial charge on any atom is -0.466 e. The fraction of sp³-hybridized carbons (Fsp3) is 0.733. The summed E-state index contributed by atoms with van der Waals surface area (Å²) < 4.78 is 10.0. The Morgan fingerprint density at radius 3 is 2.32 bits per heavy atom. The zero-order valence-electron chi connectivity index (χ0n) is 12.4. The van der Waals surface area contributed by atoms with E-state index >= 15 is 0 Å². The monoisotopic (exact) mass is 270 g/mol. The predicted octanol–water partition coefficient (Wildman–Crippen LogP) is 3.26. The summed E-state index contributed by atoms with van der Waals surface area (Å²) in [5.74, 6) is 0.0588. The maximum Gasteiger partial charge on any atom is 0.333 e. The second-order valence-electron chi connectivity index (χ2n) is 5.13. The molecule has 0 aromatic heterocycles. The quantitative estimate of drug-likeness (QED) is 0.347. The molecule has 0 N–H and O–H groups in total. The molecule has 0 aromatic rings. The molecule has 0 saturated heterocycles. The van der Waals surface area contributed by atoms with Gasteiger partial charge >= 0.3 is 11.9 Å². The smallest absolute Gasteiger partial charge is 0.333 e. The molecule has 0 saturated carbocycles. The molecular weight excluding hydrogens is 244 g/mol. The molecule has 0 aliphatic rings. The summed E-state index contributed by atoms with van der Waals surface area (Å²) in [6.45, 7) is 10.2. The molecule has 0 heterocycles. The number of rotatable bonds is 10. The summed E-state index contributed by atoms with van der Waals surface area (Å²) in [7, 11) is 0. The summed E-state index contributed by atoms with van der Waals surface area (Å²) in [4.78, 5) is 22.4. The van der Waals surface area contributed by atoms with Gasteiger partial charge in [0.1, 0.15) is 0 Å². The van der Waals surface area contributed by atoms with E-state index in [0.717, 1.165) is 25.7 Å². The van der Waals surface area contributed by atoms with Gasteiger partial charge in [-0.15, -0.1) is 0 Å². The molecule has 0 aromatic carbocycles. The van der Waals surface area contributed by atoms with Crippen molar-refractivity contribution in [2.24, 2.45) is 5.92 Å². The molecule has 19 heavy (non-hydrogen) atoms. The summed E-state index contributed by atoms with van der Waals surface area (Å²) >= 11 is 0. The largest absolute Gasteiger partial charge is 0.466 e. The van der Waals surface area contributed by atoms with Crippen molar-refractivity contribution in [3.63, 3.8) is 0 Å². The zero-order chi connectivity index (χ0) is 14.7. The zero-order valence-corrected chi connectivity index (χ0v) is 12.4. The summed E-state index contributed by atoms with van der Waals surface area (Å²) in [6.07, 6.45) is 3.72. The number of hydrogen-bond acceptors (Lipinski definition) is 4. The van der Waals surface area contributed by atoms with Gasteiger partial charge in [0.15, 0.2) is 0 Å². The van der Waals surface area contributed by atoms with E-state index in [-0.39, 0.29) is 11.9 Å². The van der Waals surface area contributed by atoms with Crippen molar-refractivity contribution in [1.82, 2.24) is 0 Å². The number of carbonyl (C=O) groups is 2. The van der Waals surface area contributed by atoms with Crippen molar-refractivity contribution in [3.8, 4) is 0 Å². The van der Waals surface area contributed by atoms with Crippen LogP contribution in [0.2, 0.25) is 0 Å². The lowest BCUT2D eigenvalue weighted by Crippen LogP contribution is -2.08. The van der Waals surface area contributed by atoms with Crippen LogP contribution >= 0.6 is 0 Å². The molecule has 0 amide bonds. The van der Waals surface area contributed by atoms with Crippen LogP contribution in [-0.2, 0) is 19.1 Å². The standard InChI is InChI=1S/C15H26O4/c1-12(2)9-11-18-14(16)8-6-5-7-10-19-15(17)13(3)4/h12H,3,5-11H2,1-2,4H3. The van der Waals surface area contributed by atoms with Crippen LogP contribution in [0, 0.1) is 5.92 Å². The minimum absolute atomic E-state index is 0.139. The van der Waals surface area contributed by atoms with Gasteiger partial charge < -0.3 is 9.47 Å². The molecule has 0 radical (unpaired) electrons. The maximum atomic E-state index is 11.3. The minimum atomic E-state index is -0.354. The molecule has 0 rings (SSSR count). The molecule has 110 valence electrons. The lowest BCUT2D eigenvalue weighted by atomic mass is 10.1. The van der Waals surface area contributed by atoms with E-state index in [2.05, 4.69) is 20.4 Å². The Labute approximate surface area is 116 Å². The van der Waals surface area contributed by atoms with Crippen LogP contribution in [0.4, 0.5) is 0 Å². The van der Waals surface area contributed by atoms with Gasteiger partial charge in [-0.1, -0.05) is 20.4 Å². The molecule has 0 spiro atoms. The number of unbranched alkanes of at least 4 members (excludes halogenated alkanes) is 2. The van der Waals surface area contributed by atoms with Crippen molar-refractivity contribution < 1.29 is 19.1 Å². The van der Waals surface area contributed by atoms with Crippen molar-refractivity contribution >= 4 is 11.9 Å². The van der Waals surface area contributed by atoms with Gasteiger partial charge in [0.05, 0.1) is 13.2 Å². The van der Waals surface area contributed by atoms with Crippen LogP contribution in [0.5, 0.6) is 0 Å². The van der Waals surface area contributed by atoms with E-state index in [0.29, 0.717) is 31.1 Å². The second kappa shape index (κ2) is 10.6. The third-order valence-corrected chi connectivity index (χ3v) is 2.57. The van der Waals surface area contributed by atoms with Crippen LogP contribution in [0.3, 0.4) is 0 Å². The third-order valence-electron chi connectivity index (χ3n) is 2.57. The number of ether oxygens (including phenoxy) is 2. The van der Waals surface area contributed by atoms with Crippen LogP contribution < -0.4 is 0 Å². The molecule has 0 unspecified atom stereocenters. The van der Waals surface area contributed by atoms with E-state index in [4.69, 9.17) is 9.47 Å². The van der Waals surface area contributed by atoms with Crippen molar-refractivity contribution in [2.45, 2.75) is 52.9 Å². The second-order valence-corrected chi connectivity index (χ2v) is 5.13. The Morgan fingerprint density at radius 1 is 1.05 bits per heavy atom. The SMILES string of the molecule is C=C(C)C(=O)OCCCCCC(=O)OCCC(C)C. The Hall–Kier alpha value is -1.32. The van der Waals surface area contributed by atoms with Gasteiger partial charge in [0.25, 0.3) is 0 Å². The van der Waals surface area contributed by atoms with Crippen LogP contribution in [0.1, 0.15) is 52.9 Å². The summed E-state index contributed by atoms with van der Waals surface area (Å²) in [5, 5.41) is 0. The lowest BCUT2D eigenvalue weighted by Gasteiger charge is -2.07. The summed E-state index contributed by atoms with van der Waals surface area (Å²) in [6, 6.07) is 0. The fourth-order valence-electron chi connectivity index (χ4n) is 1.32. The van der Waals surface area contributed by atoms with Crippen LogP contribution in [0.15, 0.2) is 12.2 Å². The number of esters is 2. The fourth-order valence-corrected chi connectivity index (χ4v) is 1.32. The molecular formula is C15H26O4. The van der Waals surface area contributed by atoms with Gasteiger partial charge in [0.2, 0.25) is 0 Å². The first-order valence-corrected chi connectivity index (χ1v) is 6.91. The maximum absolute atomic E-state index is 11.3. The van der Waals surface area contributed by atoms with Gasteiger partial charge in [-0.2, -0.15) is 0 Å². The average molecular weight is 270 g/mol. The topological polar surface area (TPSA) is 52.6 Å². The first kappa shape index (κ1) is 17.7. The lowest BCUT2D eigenvalue weighted by molar-refractivity contribution is -0.144. The molecule has 0 fully saturated rings. The average Bonchev–Trinajstić information content (AvgIpc) is 2.32. The molecule has 0 aliphatic carbocycles. The highest BCUT2D eigenvalue weighted by molar-refractivity contribution is 5.86. The van der Waals surface area contributed by atoms with Gasteiger partial charge in [-0.3, -0.25) is 4.79 Å². The van der Waals surface area contributed by atoms with Crippen molar-refractivity contribution in [1.29, 1.82) is 0 Å². The van der Waals surface area contributed by atoms with E-state index < -0.39 is 0 Å². The summed E-state index contributed by atoms with van der Waals surface area (Å²) in [5.41, 5.74) is 0.411. The first-order valence-electron chi connectivity index (χ1n) is 6.91. The van der Waals surface area contributed by atoms with Gasteiger partial charge in [-0.05, 0) is 38.5 Å². The number of hydrogen-bond donors (Lipinski definition) is 0. The molecule has 4 nitrogen and oxygen atoms in total. The van der Waals surface area contributed by atoms with Crippen molar-refractivity contribution in [3.05, 3.63) is 12.2 Å². The molecule has 0 bridgehead atoms.